The van der Waals surface area contributed by atoms with Crippen molar-refractivity contribution in [3.63, 3.8) is 0 Å². The minimum atomic E-state index is -4.21. The van der Waals surface area contributed by atoms with Gasteiger partial charge in [0.2, 0.25) is 11.8 Å². The van der Waals surface area contributed by atoms with Crippen molar-refractivity contribution in [3.05, 3.63) is 87.9 Å². The number of halogens is 2. The van der Waals surface area contributed by atoms with Crippen molar-refractivity contribution < 1.29 is 22.7 Å². The Labute approximate surface area is 245 Å². The molecular formula is C29H33Cl2N3O5S. The highest BCUT2D eigenvalue weighted by atomic mass is 35.5. The molecule has 0 spiro atoms. The van der Waals surface area contributed by atoms with Crippen LogP contribution in [0.5, 0.6) is 5.75 Å². The van der Waals surface area contributed by atoms with Crippen LogP contribution >= 0.6 is 23.2 Å². The molecule has 2 amide bonds. The van der Waals surface area contributed by atoms with Crippen LogP contribution in [0.1, 0.15) is 31.4 Å². The Morgan fingerprint density at radius 2 is 1.65 bits per heavy atom. The van der Waals surface area contributed by atoms with Crippen LogP contribution in [0.25, 0.3) is 0 Å². The van der Waals surface area contributed by atoms with Crippen molar-refractivity contribution in [2.45, 2.75) is 44.7 Å². The molecule has 0 aliphatic heterocycles. The van der Waals surface area contributed by atoms with Crippen LogP contribution in [0.2, 0.25) is 10.0 Å². The van der Waals surface area contributed by atoms with Crippen molar-refractivity contribution in [2.75, 3.05) is 24.5 Å². The van der Waals surface area contributed by atoms with Gasteiger partial charge in [-0.05, 0) is 62.2 Å². The molecule has 1 atom stereocenters. The first-order valence-corrected chi connectivity index (χ1v) is 15.0. The summed E-state index contributed by atoms with van der Waals surface area (Å²) in [7, 11) is -2.79. The molecular weight excluding hydrogens is 573 g/mol. The molecule has 3 aromatic rings. The van der Waals surface area contributed by atoms with Crippen LogP contribution in [-0.4, -0.2) is 51.4 Å². The molecule has 3 rings (SSSR count). The molecule has 3 aromatic carbocycles. The fourth-order valence-electron chi connectivity index (χ4n) is 4.23. The molecule has 40 heavy (non-hydrogen) atoms. The number of carbonyl (C=O) groups is 2. The molecule has 0 aliphatic rings. The first kappa shape index (κ1) is 31.3. The fourth-order valence-corrected chi connectivity index (χ4v) is 5.98. The van der Waals surface area contributed by atoms with E-state index in [9.17, 15) is 18.0 Å². The van der Waals surface area contributed by atoms with Crippen molar-refractivity contribution in [3.8, 4) is 5.75 Å². The van der Waals surface area contributed by atoms with Crippen LogP contribution in [0.4, 0.5) is 5.69 Å². The van der Waals surface area contributed by atoms with Gasteiger partial charge < -0.3 is 15.0 Å². The van der Waals surface area contributed by atoms with Crippen molar-refractivity contribution in [1.82, 2.24) is 10.2 Å². The first-order valence-electron chi connectivity index (χ1n) is 12.8. The van der Waals surface area contributed by atoms with E-state index < -0.39 is 28.5 Å². The summed E-state index contributed by atoms with van der Waals surface area (Å²) in [4.78, 5) is 28.5. The highest BCUT2D eigenvalue weighted by Crippen LogP contribution is 2.33. The normalized spacial score (nSPS) is 11.9. The average Bonchev–Trinajstić information content (AvgIpc) is 2.93. The number of para-hydroxylation sites is 2. The van der Waals surface area contributed by atoms with Crippen LogP contribution in [0, 0.1) is 6.92 Å². The molecule has 11 heteroatoms. The number of methoxy groups -OCH3 is 1. The van der Waals surface area contributed by atoms with E-state index in [0.29, 0.717) is 28.6 Å². The second-order valence-electron chi connectivity index (χ2n) is 9.09. The molecule has 0 saturated carbocycles. The van der Waals surface area contributed by atoms with Gasteiger partial charge in [0.25, 0.3) is 10.0 Å². The maximum Gasteiger partial charge on any atom is 0.264 e. The number of ether oxygens (including phenoxy) is 1. The van der Waals surface area contributed by atoms with E-state index in [0.717, 1.165) is 9.87 Å². The van der Waals surface area contributed by atoms with Gasteiger partial charge in [-0.3, -0.25) is 13.9 Å². The molecule has 0 heterocycles. The Bertz CT molecular complexity index is 1450. The first-order chi connectivity index (χ1) is 19.0. The third kappa shape index (κ3) is 7.27. The largest absolute Gasteiger partial charge is 0.495 e. The lowest BCUT2D eigenvalue weighted by Crippen LogP contribution is -2.52. The van der Waals surface area contributed by atoms with Crippen LogP contribution in [0.15, 0.2) is 71.6 Å². The predicted octanol–water partition coefficient (Wildman–Crippen LogP) is 5.45. The lowest BCUT2D eigenvalue weighted by molar-refractivity contribution is -0.140. The topological polar surface area (TPSA) is 96.0 Å². The van der Waals surface area contributed by atoms with Crippen molar-refractivity contribution >= 4 is 50.7 Å². The van der Waals surface area contributed by atoms with E-state index in [2.05, 4.69) is 5.32 Å². The smallest absolute Gasteiger partial charge is 0.264 e. The molecule has 0 bridgehead atoms. The van der Waals surface area contributed by atoms with Gasteiger partial charge >= 0.3 is 0 Å². The Morgan fingerprint density at radius 1 is 0.975 bits per heavy atom. The zero-order valence-corrected chi connectivity index (χ0v) is 25.2. The highest BCUT2D eigenvalue weighted by Gasteiger charge is 2.34. The van der Waals surface area contributed by atoms with E-state index >= 15 is 0 Å². The number of carbonyl (C=O) groups excluding carboxylic acids is 2. The number of likely N-dealkylation sites (N-methyl/N-ethyl adjacent to an activating group) is 1. The van der Waals surface area contributed by atoms with Crippen molar-refractivity contribution in [2.24, 2.45) is 0 Å². The minimum absolute atomic E-state index is 0.00963. The Balaban J connectivity index is 2.11. The molecule has 0 saturated heterocycles. The van der Waals surface area contributed by atoms with Gasteiger partial charge in [-0.1, -0.05) is 66.0 Å². The SMILES string of the molecule is CCNC(=O)[C@@H](CC)N(Cc1ccc(Cl)c(Cl)c1)C(=O)CN(c1ccccc1OC)S(=O)(=O)c1ccc(C)cc1. The molecule has 0 unspecified atom stereocenters. The third-order valence-corrected chi connectivity index (χ3v) is 8.83. The van der Waals surface area contributed by atoms with Crippen LogP contribution in [0.3, 0.4) is 0 Å². The van der Waals surface area contributed by atoms with Gasteiger partial charge in [0.15, 0.2) is 0 Å². The molecule has 0 radical (unpaired) electrons. The number of nitrogens with zero attached hydrogens (tertiary/aromatic N) is 2. The standard InChI is InChI=1S/C29H33Cl2N3O5S/c1-5-25(29(36)32-6-2)33(18-21-13-16-23(30)24(31)17-21)28(35)19-34(26-9-7-8-10-27(26)39-4)40(37,38)22-14-11-20(3)12-15-22/h7-17,25H,5-6,18-19H2,1-4H3,(H,32,36)/t25-/m1/s1. The number of rotatable bonds is 12. The number of sulfonamides is 1. The maximum atomic E-state index is 14.1. The summed E-state index contributed by atoms with van der Waals surface area (Å²) in [6, 6.07) is 17.0. The van der Waals surface area contributed by atoms with Crippen LogP contribution < -0.4 is 14.4 Å². The van der Waals surface area contributed by atoms with Gasteiger partial charge in [0, 0.05) is 13.1 Å². The molecule has 0 fully saturated rings. The van der Waals surface area contributed by atoms with E-state index in [4.69, 9.17) is 27.9 Å². The summed E-state index contributed by atoms with van der Waals surface area (Å²) in [6.45, 7) is 5.23. The summed E-state index contributed by atoms with van der Waals surface area (Å²) in [5, 5.41) is 3.42. The number of nitrogens with one attached hydrogen (secondary N) is 1. The Hall–Kier alpha value is -3.27. The molecule has 1 N–H and O–H groups in total. The lowest BCUT2D eigenvalue weighted by atomic mass is 10.1. The van der Waals surface area contributed by atoms with E-state index in [-0.39, 0.29) is 28.8 Å². The summed E-state index contributed by atoms with van der Waals surface area (Å²) in [5.74, 6) is -0.646. The average molecular weight is 607 g/mol. The maximum absolute atomic E-state index is 14.1. The summed E-state index contributed by atoms with van der Waals surface area (Å²) in [6.07, 6.45) is 0.304. The molecule has 214 valence electrons. The van der Waals surface area contributed by atoms with E-state index in [1.54, 1.807) is 68.4 Å². The van der Waals surface area contributed by atoms with E-state index in [1.165, 1.54) is 24.1 Å². The number of amides is 2. The third-order valence-electron chi connectivity index (χ3n) is 6.32. The summed E-state index contributed by atoms with van der Waals surface area (Å²) >= 11 is 12.3. The van der Waals surface area contributed by atoms with Gasteiger partial charge in [-0.2, -0.15) is 0 Å². The summed E-state index contributed by atoms with van der Waals surface area (Å²) < 4.78 is 34.4. The zero-order valence-electron chi connectivity index (χ0n) is 22.9. The van der Waals surface area contributed by atoms with Gasteiger partial charge in [0.1, 0.15) is 18.3 Å². The monoisotopic (exact) mass is 605 g/mol. The van der Waals surface area contributed by atoms with Gasteiger partial charge in [-0.25, -0.2) is 8.42 Å². The zero-order chi connectivity index (χ0) is 29.4. The van der Waals surface area contributed by atoms with E-state index in [1.807, 2.05) is 6.92 Å². The molecule has 0 aromatic heterocycles. The Kier molecular flexibility index (Phi) is 10.8. The predicted molar refractivity (Wildman–Crippen MR) is 158 cm³/mol. The quantitative estimate of drug-likeness (QED) is 0.296. The van der Waals surface area contributed by atoms with Gasteiger partial charge in [-0.15, -0.1) is 0 Å². The number of anilines is 1. The number of aryl methyl sites for hydroxylation is 1. The highest BCUT2D eigenvalue weighted by molar-refractivity contribution is 7.92. The number of benzene rings is 3. The number of hydrogen-bond acceptors (Lipinski definition) is 5. The Morgan fingerprint density at radius 3 is 2.25 bits per heavy atom. The minimum Gasteiger partial charge on any atom is -0.495 e. The van der Waals surface area contributed by atoms with Gasteiger partial charge in [0.05, 0.1) is 27.7 Å². The molecule has 8 nitrogen and oxygen atoms in total. The fraction of sp³-hybridized carbons (Fsp3) is 0.310. The second kappa shape index (κ2) is 13.9. The van der Waals surface area contributed by atoms with Crippen molar-refractivity contribution in [1.29, 1.82) is 0 Å². The summed E-state index contributed by atoms with van der Waals surface area (Å²) in [5.41, 5.74) is 1.72. The molecule has 0 aliphatic carbocycles. The number of hydrogen-bond donors (Lipinski definition) is 1. The lowest BCUT2D eigenvalue weighted by Gasteiger charge is -2.33. The van der Waals surface area contributed by atoms with Crippen LogP contribution in [-0.2, 0) is 26.2 Å². The second-order valence-corrected chi connectivity index (χ2v) is 11.8.